The minimum absolute atomic E-state index is 0.159. The van der Waals surface area contributed by atoms with Crippen LogP contribution in [0.2, 0.25) is 0 Å². The number of carbonyl (C=O) groups is 2. The van der Waals surface area contributed by atoms with E-state index in [0.29, 0.717) is 54.4 Å². The molecule has 0 saturated carbocycles. The number of nitrogens with zero attached hydrogens (tertiary/aromatic N) is 2. The number of amides is 2. The quantitative estimate of drug-likeness (QED) is 0.735. The second kappa shape index (κ2) is 9.49. The molecule has 0 radical (unpaired) electrons. The van der Waals surface area contributed by atoms with Crippen molar-refractivity contribution in [1.82, 2.24) is 10.3 Å². The summed E-state index contributed by atoms with van der Waals surface area (Å²) < 4.78 is 38.9. The van der Waals surface area contributed by atoms with Crippen LogP contribution >= 0.6 is 0 Å². The Morgan fingerprint density at radius 3 is 2.71 bits per heavy atom. The molecule has 2 aromatic rings. The van der Waals surface area contributed by atoms with E-state index in [2.05, 4.69) is 24.1 Å². The van der Waals surface area contributed by atoms with Gasteiger partial charge < -0.3 is 10.2 Å². The average molecular weight is 433 g/mol. The summed E-state index contributed by atoms with van der Waals surface area (Å²) >= 11 is 0. The van der Waals surface area contributed by atoms with Gasteiger partial charge in [-0.25, -0.2) is 0 Å². The van der Waals surface area contributed by atoms with Gasteiger partial charge in [-0.3, -0.25) is 14.6 Å². The van der Waals surface area contributed by atoms with E-state index in [1.165, 1.54) is 23.2 Å². The average Bonchev–Trinajstić information content (AvgIpc) is 2.72. The third-order valence-corrected chi connectivity index (χ3v) is 5.21. The summed E-state index contributed by atoms with van der Waals surface area (Å²) in [6.45, 7) is 5.12. The Balaban J connectivity index is 1.77. The van der Waals surface area contributed by atoms with Crippen molar-refractivity contribution in [2.75, 3.05) is 18.0 Å². The van der Waals surface area contributed by atoms with Crippen molar-refractivity contribution in [3.63, 3.8) is 0 Å². The number of anilines is 1. The van der Waals surface area contributed by atoms with Crippen LogP contribution in [0.1, 0.15) is 53.9 Å². The molecule has 0 aliphatic carbocycles. The number of carbonyl (C=O) groups excluding carboxylic acids is 2. The van der Waals surface area contributed by atoms with Crippen molar-refractivity contribution < 1.29 is 22.8 Å². The molecular weight excluding hydrogens is 407 g/mol. The number of rotatable bonds is 6. The van der Waals surface area contributed by atoms with Crippen molar-refractivity contribution >= 4 is 17.5 Å². The van der Waals surface area contributed by atoms with Gasteiger partial charge in [0.1, 0.15) is 0 Å². The number of hydrogen-bond acceptors (Lipinski definition) is 3. The molecule has 8 heteroatoms. The van der Waals surface area contributed by atoms with Gasteiger partial charge in [0.15, 0.2) is 0 Å². The lowest BCUT2D eigenvalue weighted by molar-refractivity contribution is -0.137. The Morgan fingerprint density at radius 1 is 1.23 bits per heavy atom. The summed E-state index contributed by atoms with van der Waals surface area (Å²) in [5.41, 5.74) is 1.14. The zero-order valence-corrected chi connectivity index (χ0v) is 17.6. The molecule has 1 aromatic heterocycles. The monoisotopic (exact) mass is 433 g/mol. The Hall–Kier alpha value is -2.90. The highest BCUT2D eigenvalue weighted by molar-refractivity contribution is 5.99. The van der Waals surface area contributed by atoms with E-state index in [9.17, 15) is 22.8 Å². The molecule has 0 fully saturated rings. The molecule has 3 rings (SSSR count). The first-order chi connectivity index (χ1) is 14.6. The molecule has 1 aliphatic heterocycles. The van der Waals surface area contributed by atoms with Gasteiger partial charge in [-0.05, 0) is 42.9 Å². The predicted octanol–water partition coefficient (Wildman–Crippen LogP) is 4.40. The number of nitrogens with one attached hydrogen (secondary N) is 1. The molecular formula is C23H26F3N3O2. The molecule has 0 atom stereocenters. The van der Waals surface area contributed by atoms with Gasteiger partial charge in [-0.2, -0.15) is 13.2 Å². The van der Waals surface area contributed by atoms with Crippen LogP contribution < -0.4 is 10.2 Å². The van der Waals surface area contributed by atoms with Crippen LogP contribution in [-0.2, 0) is 23.8 Å². The number of alkyl halides is 3. The lowest BCUT2D eigenvalue weighted by Crippen LogP contribution is -2.37. The molecule has 0 spiro atoms. The van der Waals surface area contributed by atoms with Crippen LogP contribution in [0.25, 0.3) is 0 Å². The van der Waals surface area contributed by atoms with Gasteiger partial charge in [-0.1, -0.05) is 32.0 Å². The lowest BCUT2D eigenvalue weighted by Gasteiger charge is -2.29. The molecule has 166 valence electrons. The van der Waals surface area contributed by atoms with Crippen LogP contribution in [0, 0.1) is 5.92 Å². The smallest absolute Gasteiger partial charge is 0.352 e. The van der Waals surface area contributed by atoms with Crippen LogP contribution in [0.3, 0.4) is 0 Å². The first kappa shape index (κ1) is 22.8. The largest absolute Gasteiger partial charge is 0.416 e. The molecule has 2 heterocycles. The molecule has 0 bridgehead atoms. The second-order valence-corrected chi connectivity index (χ2v) is 8.15. The van der Waals surface area contributed by atoms with Gasteiger partial charge >= 0.3 is 6.18 Å². The number of aryl methyl sites for hydroxylation is 1. The summed E-state index contributed by atoms with van der Waals surface area (Å²) in [6.07, 6.45) is -0.880. The van der Waals surface area contributed by atoms with E-state index in [1.54, 1.807) is 6.07 Å². The zero-order chi connectivity index (χ0) is 22.6. The molecule has 31 heavy (non-hydrogen) atoms. The fraction of sp³-hybridized carbons (Fsp3) is 0.435. The van der Waals surface area contributed by atoms with E-state index in [-0.39, 0.29) is 18.2 Å². The van der Waals surface area contributed by atoms with Gasteiger partial charge in [-0.15, -0.1) is 0 Å². The van der Waals surface area contributed by atoms with Gasteiger partial charge in [0.05, 0.1) is 28.9 Å². The molecule has 1 aromatic carbocycles. The van der Waals surface area contributed by atoms with Crippen molar-refractivity contribution in [2.24, 2.45) is 5.92 Å². The SMILES string of the molecule is CC(C)CCNC(=O)c1cnc2c(c1)N(C(=O)Cc1cccc(C(F)(F)F)c1)CCC2. The van der Waals surface area contributed by atoms with Gasteiger partial charge in [0.2, 0.25) is 5.91 Å². The lowest BCUT2D eigenvalue weighted by atomic mass is 10.0. The Labute approximate surface area is 179 Å². The van der Waals surface area contributed by atoms with Crippen LogP contribution in [0.15, 0.2) is 36.5 Å². The summed E-state index contributed by atoms with van der Waals surface area (Å²) in [4.78, 5) is 31.3. The third kappa shape index (κ3) is 5.83. The highest BCUT2D eigenvalue weighted by atomic mass is 19.4. The van der Waals surface area contributed by atoms with Crippen molar-refractivity contribution in [2.45, 2.75) is 45.7 Å². The maximum Gasteiger partial charge on any atom is 0.416 e. The maximum atomic E-state index is 13.0. The maximum absolute atomic E-state index is 13.0. The van der Waals surface area contributed by atoms with E-state index in [4.69, 9.17) is 0 Å². The Kier molecular flexibility index (Phi) is 6.97. The predicted molar refractivity (Wildman–Crippen MR) is 112 cm³/mol. The van der Waals surface area contributed by atoms with Crippen LogP contribution in [0.5, 0.6) is 0 Å². The number of halogens is 3. The van der Waals surface area contributed by atoms with Crippen LogP contribution in [-0.4, -0.2) is 29.9 Å². The number of benzene rings is 1. The molecule has 1 aliphatic rings. The van der Waals surface area contributed by atoms with Crippen molar-refractivity contribution in [3.05, 3.63) is 58.9 Å². The fourth-order valence-corrected chi connectivity index (χ4v) is 3.52. The van der Waals surface area contributed by atoms with Crippen molar-refractivity contribution in [1.29, 1.82) is 0 Å². The summed E-state index contributed by atoms with van der Waals surface area (Å²) in [5, 5.41) is 2.85. The second-order valence-electron chi connectivity index (χ2n) is 8.15. The number of hydrogen-bond donors (Lipinski definition) is 1. The van der Waals surface area contributed by atoms with E-state index < -0.39 is 11.7 Å². The molecule has 0 unspecified atom stereocenters. The molecule has 5 nitrogen and oxygen atoms in total. The molecule has 1 N–H and O–H groups in total. The molecule has 2 amide bonds. The van der Waals surface area contributed by atoms with Gasteiger partial charge in [0, 0.05) is 19.3 Å². The Morgan fingerprint density at radius 2 is 2.00 bits per heavy atom. The summed E-state index contributed by atoms with van der Waals surface area (Å²) in [7, 11) is 0. The number of fused-ring (bicyclic) bond motifs is 1. The minimum atomic E-state index is -4.46. The summed E-state index contributed by atoms with van der Waals surface area (Å²) in [6, 6.07) is 6.44. The molecule has 0 saturated heterocycles. The Bertz CT molecular complexity index is 957. The third-order valence-electron chi connectivity index (χ3n) is 5.21. The topological polar surface area (TPSA) is 62.3 Å². The highest BCUT2D eigenvalue weighted by Gasteiger charge is 2.31. The minimum Gasteiger partial charge on any atom is -0.352 e. The van der Waals surface area contributed by atoms with E-state index in [0.717, 1.165) is 18.6 Å². The highest BCUT2D eigenvalue weighted by Crippen LogP contribution is 2.30. The van der Waals surface area contributed by atoms with Crippen molar-refractivity contribution in [3.8, 4) is 0 Å². The zero-order valence-electron chi connectivity index (χ0n) is 17.6. The van der Waals surface area contributed by atoms with Gasteiger partial charge in [0.25, 0.3) is 5.91 Å². The first-order valence-electron chi connectivity index (χ1n) is 10.4. The van der Waals surface area contributed by atoms with Crippen LogP contribution in [0.4, 0.5) is 18.9 Å². The van der Waals surface area contributed by atoms with E-state index >= 15 is 0 Å². The standard InChI is InChI=1S/C23H26F3N3O2/c1-15(2)8-9-27-22(31)17-13-20-19(28-14-17)7-4-10-29(20)21(30)12-16-5-3-6-18(11-16)23(24,25)26/h3,5-6,11,13-15H,4,7-10,12H2,1-2H3,(H,27,31). The first-order valence-corrected chi connectivity index (χ1v) is 10.4. The normalized spacial score (nSPS) is 13.8. The number of aromatic nitrogens is 1. The van der Waals surface area contributed by atoms with E-state index in [1.807, 2.05) is 0 Å². The number of pyridine rings is 1. The summed E-state index contributed by atoms with van der Waals surface area (Å²) in [5.74, 6) is -0.114. The fourth-order valence-electron chi connectivity index (χ4n) is 3.52.